The van der Waals surface area contributed by atoms with Crippen LogP contribution in [0, 0.1) is 0 Å². The fourth-order valence-electron chi connectivity index (χ4n) is 3.43. The summed E-state index contributed by atoms with van der Waals surface area (Å²) in [6.07, 6.45) is -2.45. The molecule has 0 radical (unpaired) electrons. The van der Waals surface area contributed by atoms with Gasteiger partial charge in [-0.1, -0.05) is 30.3 Å². The number of ether oxygens (including phenoxy) is 1. The van der Waals surface area contributed by atoms with E-state index in [1.165, 1.54) is 23.5 Å². The Kier molecular flexibility index (Phi) is 5.76. The number of amides is 1. The van der Waals surface area contributed by atoms with Crippen molar-refractivity contribution in [2.75, 3.05) is 13.1 Å². The SMILES string of the molecule is O=C(c1csc(-c2ccccc2OCc2ccccc2C(F)(F)F)n1)N1CCCC1. The van der Waals surface area contributed by atoms with E-state index >= 15 is 0 Å². The quantitative estimate of drug-likeness (QED) is 0.524. The maximum atomic E-state index is 13.2. The van der Waals surface area contributed by atoms with E-state index in [0.29, 0.717) is 22.0 Å². The molecule has 0 atom stereocenters. The van der Waals surface area contributed by atoms with Gasteiger partial charge in [-0.05, 0) is 31.0 Å². The van der Waals surface area contributed by atoms with Gasteiger partial charge in [0.2, 0.25) is 0 Å². The maximum absolute atomic E-state index is 13.2. The van der Waals surface area contributed by atoms with Gasteiger partial charge in [-0.15, -0.1) is 11.3 Å². The third-order valence-electron chi connectivity index (χ3n) is 4.94. The zero-order valence-electron chi connectivity index (χ0n) is 16.0. The summed E-state index contributed by atoms with van der Waals surface area (Å²) in [7, 11) is 0. The molecule has 3 aromatic rings. The van der Waals surface area contributed by atoms with Crippen LogP contribution in [0.3, 0.4) is 0 Å². The molecule has 2 heterocycles. The molecule has 0 bridgehead atoms. The van der Waals surface area contributed by atoms with Crippen LogP contribution in [0.15, 0.2) is 53.9 Å². The number of para-hydroxylation sites is 1. The molecule has 4 rings (SSSR count). The van der Waals surface area contributed by atoms with E-state index in [1.807, 2.05) is 0 Å². The normalized spacial score (nSPS) is 14.2. The Bertz CT molecular complexity index is 1040. The summed E-state index contributed by atoms with van der Waals surface area (Å²) < 4.78 is 45.4. The molecule has 1 saturated heterocycles. The molecule has 156 valence electrons. The van der Waals surface area contributed by atoms with Gasteiger partial charge in [-0.2, -0.15) is 13.2 Å². The number of alkyl halides is 3. The van der Waals surface area contributed by atoms with Crippen LogP contribution in [0.25, 0.3) is 10.6 Å². The van der Waals surface area contributed by atoms with Crippen LogP contribution in [0.1, 0.15) is 34.5 Å². The van der Waals surface area contributed by atoms with Crippen LogP contribution >= 0.6 is 11.3 Å². The van der Waals surface area contributed by atoms with Crippen molar-refractivity contribution in [3.63, 3.8) is 0 Å². The van der Waals surface area contributed by atoms with Gasteiger partial charge in [0, 0.05) is 24.0 Å². The summed E-state index contributed by atoms with van der Waals surface area (Å²) in [5.41, 5.74) is 0.376. The van der Waals surface area contributed by atoms with Gasteiger partial charge < -0.3 is 9.64 Å². The molecule has 0 unspecified atom stereocenters. The molecule has 0 saturated carbocycles. The molecular formula is C22H19F3N2O2S. The molecule has 4 nitrogen and oxygen atoms in total. The lowest BCUT2D eigenvalue weighted by Gasteiger charge is -2.15. The number of rotatable bonds is 5. The van der Waals surface area contributed by atoms with E-state index in [-0.39, 0.29) is 18.1 Å². The first-order valence-corrected chi connectivity index (χ1v) is 10.4. The van der Waals surface area contributed by atoms with Crippen molar-refractivity contribution in [2.45, 2.75) is 25.6 Å². The van der Waals surface area contributed by atoms with Crippen molar-refractivity contribution in [1.82, 2.24) is 9.88 Å². The molecule has 1 aliphatic rings. The van der Waals surface area contributed by atoms with Crippen molar-refractivity contribution in [3.05, 3.63) is 70.7 Å². The summed E-state index contributed by atoms with van der Waals surface area (Å²) in [4.78, 5) is 18.8. The van der Waals surface area contributed by atoms with Gasteiger partial charge in [-0.3, -0.25) is 4.79 Å². The third kappa shape index (κ3) is 4.33. The highest BCUT2D eigenvalue weighted by atomic mass is 32.1. The molecule has 1 aromatic heterocycles. The molecule has 1 aliphatic heterocycles. The van der Waals surface area contributed by atoms with Gasteiger partial charge in [-0.25, -0.2) is 4.98 Å². The highest BCUT2D eigenvalue weighted by Crippen LogP contribution is 2.35. The Labute approximate surface area is 175 Å². The van der Waals surface area contributed by atoms with E-state index in [4.69, 9.17) is 4.74 Å². The number of hydrogen-bond donors (Lipinski definition) is 0. The number of aromatic nitrogens is 1. The Morgan fingerprint density at radius 3 is 2.53 bits per heavy atom. The molecule has 0 aliphatic carbocycles. The summed E-state index contributed by atoms with van der Waals surface area (Å²) in [6, 6.07) is 12.4. The zero-order chi connectivity index (χ0) is 21.1. The van der Waals surface area contributed by atoms with Crippen LogP contribution in [0.2, 0.25) is 0 Å². The largest absolute Gasteiger partial charge is 0.488 e. The third-order valence-corrected chi connectivity index (χ3v) is 5.82. The highest BCUT2D eigenvalue weighted by Gasteiger charge is 2.33. The second-order valence-corrected chi connectivity index (χ2v) is 7.84. The first kappa shape index (κ1) is 20.4. The predicted octanol–water partition coefficient (Wildman–Crippen LogP) is 5.64. The van der Waals surface area contributed by atoms with E-state index in [0.717, 1.165) is 32.0 Å². The summed E-state index contributed by atoms with van der Waals surface area (Å²) >= 11 is 1.31. The lowest BCUT2D eigenvalue weighted by atomic mass is 10.1. The number of hydrogen-bond acceptors (Lipinski definition) is 4. The van der Waals surface area contributed by atoms with Gasteiger partial charge in [0.1, 0.15) is 23.1 Å². The second-order valence-electron chi connectivity index (χ2n) is 6.98. The number of thiazole rings is 1. The van der Waals surface area contributed by atoms with Gasteiger partial charge in [0.15, 0.2) is 0 Å². The fraction of sp³-hybridized carbons (Fsp3) is 0.273. The van der Waals surface area contributed by atoms with Gasteiger partial charge in [0.05, 0.1) is 11.1 Å². The molecule has 0 N–H and O–H groups in total. The summed E-state index contributed by atoms with van der Waals surface area (Å²) in [5.74, 6) is 0.330. The molecule has 1 fully saturated rings. The summed E-state index contributed by atoms with van der Waals surface area (Å²) in [5, 5.41) is 2.31. The Balaban J connectivity index is 1.55. The average molecular weight is 432 g/mol. The van der Waals surface area contributed by atoms with Crippen molar-refractivity contribution >= 4 is 17.2 Å². The zero-order valence-corrected chi connectivity index (χ0v) is 16.8. The molecule has 8 heteroatoms. The predicted molar refractivity (Wildman–Crippen MR) is 108 cm³/mol. The molecule has 1 amide bonds. The molecular weight excluding hydrogens is 413 g/mol. The van der Waals surface area contributed by atoms with Gasteiger partial charge in [0.25, 0.3) is 5.91 Å². The maximum Gasteiger partial charge on any atom is 0.416 e. The number of benzene rings is 2. The fourth-order valence-corrected chi connectivity index (χ4v) is 4.25. The molecule has 2 aromatic carbocycles. The van der Waals surface area contributed by atoms with Gasteiger partial charge >= 0.3 is 6.18 Å². The molecule has 30 heavy (non-hydrogen) atoms. The van der Waals surface area contributed by atoms with Crippen LogP contribution in [-0.4, -0.2) is 28.9 Å². The van der Waals surface area contributed by atoms with Crippen molar-refractivity contribution in [2.24, 2.45) is 0 Å². The Morgan fingerprint density at radius 2 is 1.77 bits per heavy atom. The van der Waals surface area contributed by atoms with Crippen LogP contribution in [0.4, 0.5) is 13.2 Å². The second kappa shape index (κ2) is 8.47. The van der Waals surface area contributed by atoms with E-state index < -0.39 is 11.7 Å². The smallest absolute Gasteiger partial charge is 0.416 e. The van der Waals surface area contributed by atoms with E-state index in [2.05, 4.69) is 4.98 Å². The lowest BCUT2D eigenvalue weighted by Crippen LogP contribution is -2.27. The van der Waals surface area contributed by atoms with Crippen LogP contribution in [0.5, 0.6) is 5.75 Å². The minimum absolute atomic E-state index is 0.0591. The monoisotopic (exact) mass is 432 g/mol. The average Bonchev–Trinajstić information content (AvgIpc) is 3.44. The Morgan fingerprint density at radius 1 is 1.07 bits per heavy atom. The lowest BCUT2D eigenvalue weighted by molar-refractivity contribution is -0.138. The number of halogens is 3. The van der Waals surface area contributed by atoms with Crippen LogP contribution < -0.4 is 4.74 Å². The van der Waals surface area contributed by atoms with Crippen molar-refractivity contribution < 1.29 is 22.7 Å². The number of carbonyl (C=O) groups excluding carboxylic acids is 1. The minimum atomic E-state index is -4.44. The minimum Gasteiger partial charge on any atom is -0.488 e. The Hall–Kier alpha value is -2.87. The molecule has 0 spiro atoms. The first-order chi connectivity index (χ1) is 14.4. The standard InChI is InChI=1S/C22H19F3N2O2S/c23-22(24,25)17-9-3-1-7-15(17)13-29-19-10-4-2-8-16(19)20-26-18(14-30-20)21(28)27-11-5-6-12-27/h1-4,7-10,14H,5-6,11-13H2. The topological polar surface area (TPSA) is 42.4 Å². The number of nitrogens with zero attached hydrogens (tertiary/aromatic N) is 2. The number of carbonyl (C=O) groups is 1. The highest BCUT2D eigenvalue weighted by molar-refractivity contribution is 7.13. The van der Waals surface area contributed by atoms with Crippen LogP contribution in [-0.2, 0) is 12.8 Å². The van der Waals surface area contributed by atoms with E-state index in [1.54, 1.807) is 40.6 Å². The van der Waals surface area contributed by atoms with E-state index in [9.17, 15) is 18.0 Å². The van der Waals surface area contributed by atoms with Crippen molar-refractivity contribution in [3.8, 4) is 16.3 Å². The first-order valence-electron chi connectivity index (χ1n) is 9.55. The number of likely N-dealkylation sites (tertiary alicyclic amines) is 1. The summed E-state index contributed by atoms with van der Waals surface area (Å²) in [6.45, 7) is 1.26. The van der Waals surface area contributed by atoms with Crippen molar-refractivity contribution in [1.29, 1.82) is 0 Å².